The number of benzene rings is 2. The van der Waals surface area contributed by atoms with Crippen LogP contribution >= 0.6 is 0 Å². The molecule has 0 bridgehead atoms. The minimum absolute atomic E-state index is 0.00684. The Bertz CT molecular complexity index is 910. The van der Waals surface area contributed by atoms with Gasteiger partial charge in [-0.05, 0) is 18.1 Å². The number of nitrogens with zero attached hydrogens (tertiary/aromatic N) is 1. The van der Waals surface area contributed by atoms with Crippen molar-refractivity contribution < 1.29 is 28.6 Å². The van der Waals surface area contributed by atoms with E-state index in [1.165, 1.54) is 6.20 Å². The minimum Gasteiger partial charge on any atom is -0.463 e. The van der Waals surface area contributed by atoms with Gasteiger partial charge < -0.3 is 14.2 Å². The molecular formula is C23H23NO6. The first kappa shape index (κ1) is 21.1. The molecule has 1 atom stereocenters. The van der Waals surface area contributed by atoms with Crippen molar-refractivity contribution in [2.75, 3.05) is 6.61 Å². The molecule has 1 aliphatic rings. The zero-order valence-electron chi connectivity index (χ0n) is 16.7. The van der Waals surface area contributed by atoms with E-state index in [1.807, 2.05) is 60.7 Å². The summed E-state index contributed by atoms with van der Waals surface area (Å²) in [7, 11) is 0. The molecule has 1 heterocycles. The van der Waals surface area contributed by atoms with Crippen molar-refractivity contribution >= 4 is 18.0 Å². The van der Waals surface area contributed by atoms with E-state index in [1.54, 1.807) is 6.92 Å². The predicted octanol–water partition coefficient (Wildman–Crippen LogP) is 3.59. The summed E-state index contributed by atoms with van der Waals surface area (Å²) >= 11 is 0. The van der Waals surface area contributed by atoms with Crippen molar-refractivity contribution in [1.29, 1.82) is 0 Å². The molecule has 0 fully saturated rings. The average Bonchev–Trinajstić information content (AvgIpc) is 3.23. The van der Waals surface area contributed by atoms with Gasteiger partial charge in [-0.3, -0.25) is 4.90 Å². The summed E-state index contributed by atoms with van der Waals surface area (Å²) in [5.41, 5.74) is 1.85. The molecule has 0 saturated carbocycles. The normalized spacial score (nSPS) is 15.3. The second-order valence-electron chi connectivity index (χ2n) is 6.64. The zero-order valence-corrected chi connectivity index (χ0v) is 16.7. The van der Waals surface area contributed by atoms with Crippen molar-refractivity contribution in [3.8, 4) is 0 Å². The van der Waals surface area contributed by atoms with Crippen molar-refractivity contribution in [2.24, 2.45) is 0 Å². The predicted molar refractivity (Wildman–Crippen MR) is 108 cm³/mol. The smallest absolute Gasteiger partial charge is 0.414 e. The molecule has 2 aromatic carbocycles. The first-order chi connectivity index (χ1) is 14.6. The highest BCUT2D eigenvalue weighted by Crippen LogP contribution is 2.25. The van der Waals surface area contributed by atoms with Gasteiger partial charge in [-0.2, -0.15) is 0 Å². The summed E-state index contributed by atoms with van der Waals surface area (Å²) in [4.78, 5) is 38.5. The largest absolute Gasteiger partial charge is 0.463 e. The Hall–Kier alpha value is -3.61. The Balaban J connectivity index is 1.68. The van der Waals surface area contributed by atoms with Crippen LogP contribution < -0.4 is 0 Å². The second kappa shape index (κ2) is 10.2. The molecule has 30 heavy (non-hydrogen) atoms. The number of esters is 2. The van der Waals surface area contributed by atoms with Gasteiger partial charge in [0.25, 0.3) is 0 Å². The van der Waals surface area contributed by atoms with Crippen LogP contribution in [-0.4, -0.2) is 35.6 Å². The molecule has 2 aromatic rings. The molecule has 0 N–H and O–H groups in total. The fourth-order valence-electron chi connectivity index (χ4n) is 2.97. The van der Waals surface area contributed by atoms with E-state index < -0.39 is 24.1 Å². The van der Waals surface area contributed by atoms with Gasteiger partial charge in [-0.1, -0.05) is 60.7 Å². The Morgan fingerprint density at radius 1 is 0.867 bits per heavy atom. The lowest BCUT2D eigenvalue weighted by atomic mass is 10.1. The number of ether oxygens (including phenoxy) is 3. The van der Waals surface area contributed by atoms with Crippen molar-refractivity contribution in [2.45, 2.75) is 32.6 Å². The highest BCUT2D eigenvalue weighted by molar-refractivity contribution is 5.93. The number of carbonyl (C=O) groups excluding carboxylic acids is 3. The first-order valence-electron chi connectivity index (χ1n) is 9.66. The third-order valence-corrected chi connectivity index (χ3v) is 4.49. The Morgan fingerprint density at radius 2 is 1.43 bits per heavy atom. The van der Waals surface area contributed by atoms with Crippen LogP contribution in [0.4, 0.5) is 4.79 Å². The van der Waals surface area contributed by atoms with Gasteiger partial charge in [0.2, 0.25) is 0 Å². The number of rotatable bonds is 7. The summed E-state index contributed by atoms with van der Waals surface area (Å²) < 4.78 is 15.7. The average molecular weight is 409 g/mol. The molecule has 1 amide bonds. The molecule has 0 aliphatic carbocycles. The van der Waals surface area contributed by atoms with E-state index in [4.69, 9.17) is 14.2 Å². The van der Waals surface area contributed by atoms with Crippen LogP contribution in [0.1, 0.15) is 24.5 Å². The summed E-state index contributed by atoms with van der Waals surface area (Å²) in [6.45, 7) is 1.99. The van der Waals surface area contributed by atoms with Crippen LogP contribution in [0.2, 0.25) is 0 Å². The molecule has 7 heteroatoms. The second-order valence-corrected chi connectivity index (χ2v) is 6.64. The standard InChI is InChI=1S/C23H23NO6/c1-2-28-21(25)19-13-20(22(26)29-15-17-9-5-3-6-10-17)24(14-19)23(27)30-16-18-11-7-4-8-12-18/h3-12,14,20H,2,13,15-16H2,1H3. The third-order valence-electron chi connectivity index (χ3n) is 4.49. The highest BCUT2D eigenvalue weighted by Gasteiger charge is 2.39. The van der Waals surface area contributed by atoms with E-state index in [-0.39, 0.29) is 31.8 Å². The molecule has 0 aromatic heterocycles. The number of amides is 1. The molecule has 1 unspecified atom stereocenters. The first-order valence-corrected chi connectivity index (χ1v) is 9.66. The van der Waals surface area contributed by atoms with Crippen molar-refractivity contribution in [3.05, 3.63) is 83.6 Å². The van der Waals surface area contributed by atoms with Gasteiger partial charge in [0.15, 0.2) is 0 Å². The van der Waals surface area contributed by atoms with E-state index >= 15 is 0 Å². The van der Waals surface area contributed by atoms with Crippen LogP contribution in [0.3, 0.4) is 0 Å². The summed E-state index contributed by atoms with van der Waals surface area (Å²) in [5.74, 6) is -1.19. The molecule has 3 rings (SSSR count). The maximum atomic E-state index is 12.7. The lowest BCUT2D eigenvalue weighted by molar-refractivity contribution is -0.149. The van der Waals surface area contributed by atoms with Crippen LogP contribution in [0.25, 0.3) is 0 Å². The van der Waals surface area contributed by atoms with Crippen LogP contribution in [0.15, 0.2) is 72.4 Å². The monoisotopic (exact) mass is 409 g/mol. The lowest BCUT2D eigenvalue weighted by Gasteiger charge is -2.21. The number of hydrogen-bond donors (Lipinski definition) is 0. The Morgan fingerprint density at radius 3 is 2.00 bits per heavy atom. The maximum absolute atomic E-state index is 12.7. The number of hydrogen-bond acceptors (Lipinski definition) is 6. The van der Waals surface area contributed by atoms with Gasteiger partial charge in [0.1, 0.15) is 19.3 Å². The SMILES string of the molecule is CCOC(=O)C1=CN(C(=O)OCc2ccccc2)C(C(=O)OCc2ccccc2)C1. The van der Waals surface area contributed by atoms with Gasteiger partial charge >= 0.3 is 18.0 Å². The highest BCUT2D eigenvalue weighted by atomic mass is 16.6. The summed E-state index contributed by atoms with van der Waals surface area (Å²) in [5, 5.41) is 0. The van der Waals surface area contributed by atoms with E-state index in [9.17, 15) is 14.4 Å². The zero-order chi connectivity index (χ0) is 21.3. The molecule has 0 radical (unpaired) electrons. The Labute approximate surface area is 174 Å². The summed E-state index contributed by atoms with van der Waals surface area (Å²) in [6.07, 6.45) is 0.576. The van der Waals surface area contributed by atoms with Crippen molar-refractivity contribution in [3.63, 3.8) is 0 Å². The van der Waals surface area contributed by atoms with E-state index in [0.29, 0.717) is 0 Å². The van der Waals surface area contributed by atoms with E-state index in [2.05, 4.69) is 0 Å². The quantitative estimate of drug-likeness (QED) is 0.513. The van der Waals surface area contributed by atoms with Crippen LogP contribution in [0, 0.1) is 0 Å². The lowest BCUT2D eigenvalue weighted by Crippen LogP contribution is -2.40. The van der Waals surface area contributed by atoms with Crippen LogP contribution in [-0.2, 0) is 37.0 Å². The fourth-order valence-corrected chi connectivity index (χ4v) is 2.97. The van der Waals surface area contributed by atoms with Crippen LogP contribution in [0.5, 0.6) is 0 Å². The molecule has 156 valence electrons. The minimum atomic E-state index is -0.989. The van der Waals surface area contributed by atoms with Gasteiger partial charge in [-0.25, -0.2) is 14.4 Å². The third kappa shape index (κ3) is 5.47. The van der Waals surface area contributed by atoms with Crippen molar-refractivity contribution in [1.82, 2.24) is 4.90 Å². The molecule has 1 aliphatic heterocycles. The molecule has 0 spiro atoms. The molecular weight excluding hydrogens is 386 g/mol. The fraction of sp³-hybridized carbons (Fsp3) is 0.261. The van der Waals surface area contributed by atoms with Gasteiger partial charge in [-0.15, -0.1) is 0 Å². The number of carbonyl (C=O) groups is 3. The molecule has 7 nitrogen and oxygen atoms in total. The van der Waals surface area contributed by atoms with E-state index in [0.717, 1.165) is 16.0 Å². The maximum Gasteiger partial charge on any atom is 0.414 e. The summed E-state index contributed by atoms with van der Waals surface area (Å²) in [6, 6.07) is 17.4. The van der Waals surface area contributed by atoms with Gasteiger partial charge in [0, 0.05) is 12.6 Å². The Kier molecular flexibility index (Phi) is 7.21. The van der Waals surface area contributed by atoms with Gasteiger partial charge in [0.05, 0.1) is 12.2 Å². The topological polar surface area (TPSA) is 82.1 Å². The molecule has 0 saturated heterocycles.